The van der Waals surface area contributed by atoms with Gasteiger partial charge in [0.1, 0.15) is 0 Å². The molecule has 0 aromatic heterocycles. The third-order valence-corrected chi connectivity index (χ3v) is 6.51. The fraction of sp³-hybridized carbons (Fsp3) is 0.913. The van der Waals surface area contributed by atoms with Crippen molar-refractivity contribution in [1.29, 1.82) is 0 Å². The molecule has 184 valence electrons. The molecule has 0 aromatic rings. The summed E-state index contributed by atoms with van der Waals surface area (Å²) in [5.41, 5.74) is 0. The Morgan fingerprint density at radius 2 is 1.29 bits per heavy atom. The Morgan fingerprint density at radius 1 is 0.806 bits per heavy atom. The zero-order chi connectivity index (χ0) is 23.7. The minimum Gasteiger partial charge on any atom is -0.465 e. The van der Waals surface area contributed by atoms with Crippen molar-refractivity contribution in [1.82, 2.24) is 0 Å². The Kier molecular flexibility index (Phi) is 16.8. The Hall–Kier alpha value is -1.15. The maximum absolute atomic E-state index is 12.5. The minimum absolute atomic E-state index is 0.186. The van der Waals surface area contributed by atoms with Crippen LogP contribution in [-0.2, 0) is 29.2 Å². The summed E-state index contributed by atoms with van der Waals surface area (Å²) in [7, 11) is -4.44. The molecule has 0 saturated heterocycles. The molecule has 7 nitrogen and oxygen atoms in total. The standard InChI is InChI=1S/C23H44O7S/c1-5-9-11-13-19(7-3)16-29-22(24)15-21(18-31(26,27)28)23(25)30-17-20(8-4)14-12-10-6-2/h19-21H,5-18H2,1-4H3,(H,26,27,28). The van der Waals surface area contributed by atoms with Gasteiger partial charge >= 0.3 is 11.9 Å². The first-order valence-electron chi connectivity index (χ1n) is 11.9. The zero-order valence-corrected chi connectivity index (χ0v) is 20.8. The molecule has 31 heavy (non-hydrogen) atoms. The van der Waals surface area contributed by atoms with Crippen LogP contribution < -0.4 is 0 Å². The smallest absolute Gasteiger partial charge is 0.310 e. The summed E-state index contributed by atoms with van der Waals surface area (Å²) in [5, 5.41) is 0. The topological polar surface area (TPSA) is 107 Å². The summed E-state index contributed by atoms with van der Waals surface area (Å²) in [6.45, 7) is 8.74. The number of unbranched alkanes of at least 4 members (excludes halogenated alkanes) is 4. The van der Waals surface area contributed by atoms with Crippen LogP contribution in [0.2, 0.25) is 0 Å². The molecule has 0 bridgehead atoms. The van der Waals surface area contributed by atoms with E-state index >= 15 is 0 Å². The average Bonchev–Trinajstić information content (AvgIpc) is 2.71. The van der Waals surface area contributed by atoms with E-state index in [0.29, 0.717) is 0 Å². The van der Waals surface area contributed by atoms with Crippen molar-refractivity contribution in [2.45, 2.75) is 98.3 Å². The van der Waals surface area contributed by atoms with Gasteiger partial charge in [-0.2, -0.15) is 8.42 Å². The number of esters is 2. The van der Waals surface area contributed by atoms with Crippen molar-refractivity contribution in [3.05, 3.63) is 0 Å². The van der Waals surface area contributed by atoms with Gasteiger partial charge in [0.15, 0.2) is 0 Å². The van der Waals surface area contributed by atoms with Crippen molar-refractivity contribution in [2.75, 3.05) is 19.0 Å². The summed E-state index contributed by atoms with van der Waals surface area (Å²) >= 11 is 0. The summed E-state index contributed by atoms with van der Waals surface area (Å²) in [6.07, 6.45) is 9.77. The Balaban J connectivity index is 4.75. The molecule has 0 aliphatic carbocycles. The number of ether oxygens (including phenoxy) is 2. The fourth-order valence-electron chi connectivity index (χ4n) is 3.43. The number of hydrogen-bond acceptors (Lipinski definition) is 6. The van der Waals surface area contributed by atoms with Crippen molar-refractivity contribution < 1.29 is 32.0 Å². The summed E-state index contributed by atoms with van der Waals surface area (Å²) in [5.74, 6) is -3.09. The normalized spacial score (nSPS) is 14.6. The summed E-state index contributed by atoms with van der Waals surface area (Å²) in [6, 6.07) is 0. The zero-order valence-electron chi connectivity index (χ0n) is 19.9. The Labute approximate surface area is 189 Å². The van der Waals surface area contributed by atoms with Gasteiger partial charge in [0.05, 0.1) is 31.3 Å². The molecule has 0 aliphatic heterocycles. The highest BCUT2D eigenvalue weighted by Gasteiger charge is 2.30. The Morgan fingerprint density at radius 3 is 1.71 bits per heavy atom. The highest BCUT2D eigenvalue weighted by Crippen LogP contribution is 2.18. The van der Waals surface area contributed by atoms with Crippen LogP contribution in [0.25, 0.3) is 0 Å². The molecule has 3 unspecified atom stereocenters. The first-order chi connectivity index (χ1) is 14.7. The third-order valence-electron chi connectivity index (χ3n) is 5.69. The van der Waals surface area contributed by atoms with E-state index in [1.807, 2.05) is 13.8 Å². The van der Waals surface area contributed by atoms with Crippen LogP contribution in [0, 0.1) is 17.8 Å². The summed E-state index contributed by atoms with van der Waals surface area (Å²) < 4.78 is 42.5. The van der Waals surface area contributed by atoms with Gasteiger partial charge in [-0.25, -0.2) is 0 Å². The molecule has 3 atom stereocenters. The lowest BCUT2D eigenvalue weighted by Gasteiger charge is -2.19. The van der Waals surface area contributed by atoms with Crippen LogP contribution in [0.3, 0.4) is 0 Å². The monoisotopic (exact) mass is 464 g/mol. The van der Waals surface area contributed by atoms with Crippen molar-refractivity contribution in [2.24, 2.45) is 17.8 Å². The molecule has 0 radical (unpaired) electrons. The SMILES string of the molecule is CCCCCC(CC)COC(=O)CC(CS(=O)(=O)O)C(=O)OCC(CC)CCCCC. The minimum atomic E-state index is -4.44. The highest BCUT2D eigenvalue weighted by molar-refractivity contribution is 7.85. The van der Waals surface area contributed by atoms with Crippen LogP contribution >= 0.6 is 0 Å². The van der Waals surface area contributed by atoms with Gasteiger partial charge in [-0.05, 0) is 24.7 Å². The second kappa shape index (κ2) is 17.4. The third kappa shape index (κ3) is 16.2. The largest absolute Gasteiger partial charge is 0.465 e. The molecule has 0 rings (SSSR count). The van der Waals surface area contributed by atoms with E-state index in [1.54, 1.807) is 0 Å². The van der Waals surface area contributed by atoms with Gasteiger partial charge in [0.25, 0.3) is 10.1 Å². The van der Waals surface area contributed by atoms with Gasteiger partial charge in [-0.1, -0.05) is 79.1 Å². The second-order valence-corrected chi connectivity index (χ2v) is 10.00. The van der Waals surface area contributed by atoms with Crippen LogP contribution in [0.5, 0.6) is 0 Å². The van der Waals surface area contributed by atoms with Gasteiger partial charge < -0.3 is 9.47 Å². The van der Waals surface area contributed by atoms with Crippen LogP contribution in [-0.4, -0.2) is 43.9 Å². The summed E-state index contributed by atoms with van der Waals surface area (Å²) in [4.78, 5) is 24.7. The molecule has 0 heterocycles. The lowest BCUT2D eigenvalue weighted by atomic mass is 9.99. The lowest BCUT2D eigenvalue weighted by Crippen LogP contribution is -2.30. The average molecular weight is 465 g/mol. The number of hydrogen-bond donors (Lipinski definition) is 1. The molecule has 0 aliphatic rings. The van der Waals surface area contributed by atoms with E-state index in [0.717, 1.165) is 64.2 Å². The van der Waals surface area contributed by atoms with E-state index in [2.05, 4.69) is 13.8 Å². The predicted octanol–water partition coefficient (Wildman–Crippen LogP) is 5.18. The number of carbonyl (C=O) groups is 2. The fourth-order valence-corrected chi connectivity index (χ4v) is 4.19. The van der Waals surface area contributed by atoms with Crippen molar-refractivity contribution >= 4 is 22.1 Å². The molecule has 0 amide bonds. The second-order valence-electron chi connectivity index (χ2n) is 8.50. The van der Waals surface area contributed by atoms with Crippen molar-refractivity contribution in [3.8, 4) is 0 Å². The van der Waals surface area contributed by atoms with Crippen molar-refractivity contribution in [3.63, 3.8) is 0 Å². The first kappa shape index (κ1) is 29.9. The Bertz CT molecular complexity index is 589. The maximum atomic E-state index is 12.5. The first-order valence-corrected chi connectivity index (χ1v) is 13.5. The van der Waals surface area contributed by atoms with Crippen LogP contribution in [0.1, 0.15) is 98.3 Å². The molecular formula is C23H44O7S. The van der Waals surface area contributed by atoms with E-state index in [1.165, 1.54) is 0 Å². The maximum Gasteiger partial charge on any atom is 0.310 e. The predicted molar refractivity (Wildman–Crippen MR) is 122 cm³/mol. The van der Waals surface area contributed by atoms with E-state index in [4.69, 9.17) is 9.47 Å². The molecule has 8 heteroatoms. The van der Waals surface area contributed by atoms with Crippen LogP contribution in [0.4, 0.5) is 0 Å². The number of carbonyl (C=O) groups excluding carboxylic acids is 2. The highest BCUT2D eigenvalue weighted by atomic mass is 32.2. The van der Waals surface area contributed by atoms with E-state index in [9.17, 15) is 22.6 Å². The van der Waals surface area contributed by atoms with Crippen LogP contribution in [0.15, 0.2) is 0 Å². The van der Waals surface area contributed by atoms with E-state index in [-0.39, 0.29) is 25.0 Å². The molecule has 0 aromatic carbocycles. The van der Waals surface area contributed by atoms with Gasteiger partial charge in [0.2, 0.25) is 0 Å². The van der Waals surface area contributed by atoms with E-state index < -0.39 is 40.1 Å². The molecular weight excluding hydrogens is 420 g/mol. The number of rotatable bonds is 19. The van der Waals surface area contributed by atoms with Gasteiger partial charge in [0, 0.05) is 0 Å². The quantitative estimate of drug-likeness (QED) is 0.159. The lowest BCUT2D eigenvalue weighted by molar-refractivity contribution is -0.156. The molecule has 0 spiro atoms. The molecule has 0 saturated carbocycles. The van der Waals surface area contributed by atoms with Gasteiger partial charge in [-0.15, -0.1) is 0 Å². The molecule has 1 N–H and O–H groups in total. The molecule has 0 fully saturated rings. The van der Waals surface area contributed by atoms with Gasteiger partial charge in [-0.3, -0.25) is 14.1 Å².